The molecule has 14 heteroatoms. The third kappa shape index (κ3) is 9.22. The number of carbonyl (C=O) groups excluding carboxylic acids is 2. The maximum absolute atomic E-state index is 14.5. The highest BCUT2D eigenvalue weighted by atomic mass is 35.5. The number of hydrogen-bond donors (Lipinski definition) is 1. The van der Waals surface area contributed by atoms with E-state index >= 15 is 0 Å². The van der Waals surface area contributed by atoms with E-state index < -0.39 is 56.9 Å². The van der Waals surface area contributed by atoms with Gasteiger partial charge in [-0.15, -0.1) is 0 Å². The zero-order valence-electron chi connectivity index (χ0n) is 25.7. The monoisotopic (exact) mass is 739 g/mol. The maximum Gasteiger partial charge on any atom is 0.417 e. The van der Waals surface area contributed by atoms with Gasteiger partial charge in [0.05, 0.1) is 21.2 Å². The van der Waals surface area contributed by atoms with E-state index in [1.165, 1.54) is 35.2 Å². The summed E-state index contributed by atoms with van der Waals surface area (Å²) in [6.07, 6.45) is -4.90. The van der Waals surface area contributed by atoms with Gasteiger partial charge in [-0.2, -0.15) is 13.2 Å². The van der Waals surface area contributed by atoms with Gasteiger partial charge in [-0.1, -0.05) is 89.4 Å². The van der Waals surface area contributed by atoms with Gasteiger partial charge in [0, 0.05) is 29.1 Å². The summed E-state index contributed by atoms with van der Waals surface area (Å²) in [5, 5.41) is 2.68. The summed E-state index contributed by atoms with van der Waals surface area (Å²) in [5.74, 6) is -1.42. The second-order valence-corrected chi connectivity index (χ2v) is 14.2. The first-order valence-corrected chi connectivity index (χ1v) is 17.2. The maximum atomic E-state index is 14.5. The molecule has 0 saturated carbocycles. The number of rotatable bonds is 12. The molecule has 0 aliphatic carbocycles. The lowest BCUT2D eigenvalue weighted by molar-refractivity contribution is -0.140. The lowest BCUT2D eigenvalue weighted by Gasteiger charge is -2.34. The van der Waals surface area contributed by atoms with Gasteiger partial charge >= 0.3 is 6.18 Å². The first-order valence-electron chi connectivity index (χ1n) is 14.6. The van der Waals surface area contributed by atoms with Crippen LogP contribution in [0.1, 0.15) is 30.5 Å². The molecular weight excluding hydrogens is 710 g/mol. The Bertz CT molecular complexity index is 1860. The molecule has 7 nitrogen and oxygen atoms in total. The van der Waals surface area contributed by atoms with Crippen LogP contribution in [0.15, 0.2) is 102 Å². The normalized spacial score (nSPS) is 12.4. The zero-order valence-corrected chi connectivity index (χ0v) is 28.8. The first kappa shape index (κ1) is 37.1. The lowest BCUT2D eigenvalue weighted by atomic mass is 10.0. The van der Waals surface area contributed by atoms with Crippen LogP contribution in [0.2, 0.25) is 15.1 Å². The Morgan fingerprint density at radius 3 is 2.04 bits per heavy atom. The second-order valence-electron chi connectivity index (χ2n) is 11.1. The molecule has 0 aliphatic rings. The molecule has 4 aromatic carbocycles. The van der Waals surface area contributed by atoms with Crippen molar-refractivity contribution in [2.24, 2.45) is 0 Å². The predicted octanol–water partition coefficient (Wildman–Crippen LogP) is 8.03. The van der Waals surface area contributed by atoms with E-state index in [0.29, 0.717) is 26.5 Å². The number of benzene rings is 4. The van der Waals surface area contributed by atoms with Gasteiger partial charge in [0.2, 0.25) is 11.8 Å². The molecule has 4 aromatic rings. The van der Waals surface area contributed by atoms with Gasteiger partial charge in [0.15, 0.2) is 0 Å². The lowest BCUT2D eigenvalue weighted by Crippen LogP contribution is -2.54. The third-order valence-electron chi connectivity index (χ3n) is 7.21. The number of anilines is 1. The molecule has 0 spiro atoms. The van der Waals surface area contributed by atoms with Crippen molar-refractivity contribution in [3.63, 3.8) is 0 Å². The van der Waals surface area contributed by atoms with E-state index in [2.05, 4.69) is 5.32 Å². The smallest absolute Gasteiger partial charge is 0.352 e. The average molecular weight is 741 g/mol. The van der Waals surface area contributed by atoms with Gasteiger partial charge in [-0.3, -0.25) is 13.9 Å². The van der Waals surface area contributed by atoms with Crippen molar-refractivity contribution in [3.8, 4) is 0 Å². The molecule has 4 rings (SSSR count). The quantitative estimate of drug-likeness (QED) is 0.160. The molecule has 0 aromatic heterocycles. The average Bonchev–Trinajstić information content (AvgIpc) is 3.02. The Kier molecular flexibility index (Phi) is 12.1. The van der Waals surface area contributed by atoms with E-state index in [4.69, 9.17) is 34.8 Å². The SMILES string of the molecule is CC(C)NC(=O)[C@H](Cc1ccccc1)N(Cc1ccc(Cl)cc1Cl)C(=O)CN(c1ccc(Cl)c(C(F)(F)F)c1)S(=O)(=O)c1ccccc1. The summed E-state index contributed by atoms with van der Waals surface area (Å²) in [4.78, 5) is 29.2. The van der Waals surface area contributed by atoms with Crippen molar-refractivity contribution in [3.05, 3.63) is 129 Å². The highest BCUT2D eigenvalue weighted by Crippen LogP contribution is 2.38. The zero-order chi connectivity index (χ0) is 35.2. The number of nitrogens with zero attached hydrogens (tertiary/aromatic N) is 2. The van der Waals surface area contributed by atoms with Crippen molar-refractivity contribution in [2.45, 2.75) is 50.0 Å². The summed E-state index contributed by atoms with van der Waals surface area (Å²) >= 11 is 18.4. The molecule has 1 atom stereocenters. The molecule has 1 N–H and O–H groups in total. The number of nitrogens with one attached hydrogen (secondary N) is 1. The number of amides is 2. The molecule has 0 radical (unpaired) electrons. The minimum atomic E-state index is -4.92. The molecule has 0 bridgehead atoms. The molecule has 0 fully saturated rings. The van der Waals surface area contributed by atoms with E-state index in [1.54, 1.807) is 62.4 Å². The Labute approximate surface area is 292 Å². The first-order chi connectivity index (χ1) is 22.6. The van der Waals surface area contributed by atoms with Gasteiger partial charge in [0.1, 0.15) is 12.6 Å². The highest BCUT2D eigenvalue weighted by Gasteiger charge is 2.38. The third-order valence-corrected chi connectivity index (χ3v) is 9.92. The summed E-state index contributed by atoms with van der Waals surface area (Å²) < 4.78 is 70.5. The summed E-state index contributed by atoms with van der Waals surface area (Å²) in [6, 6.07) is 21.5. The summed E-state index contributed by atoms with van der Waals surface area (Å²) in [5.41, 5.74) is -0.652. The Morgan fingerprint density at radius 2 is 1.46 bits per heavy atom. The molecule has 2 amide bonds. The van der Waals surface area contributed by atoms with Crippen LogP contribution in [-0.2, 0) is 38.8 Å². The van der Waals surface area contributed by atoms with Gasteiger partial charge < -0.3 is 10.2 Å². The fourth-order valence-electron chi connectivity index (χ4n) is 4.90. The molecular formula is C34H31Cl3F3N3O4S. The van der Waals surface area contributed by atoms with Crippen LogP contribution in [0.4, 0.5) is 18.9 Å². The van der Waals surface area contributed by atoms with Crippen LogP contribution >= 0.6 is 34.8 Å². The number of halogens is 6. The van der Waals surface area contributed by atoms with E-state index in [-0.39, 0.29) is 28.9 Å². The fourth-order valence-corrected chi connectivity index (χ4v) is 7.02. The van der Waals surface area contributed by atoms with Gasteiger partial charge in [-0.25, -0.2) is 8.42 Å². The van der Waals surface area contributed by atoms with E-state index in [9.17, 15) is 31.2 Å². The molecule has 0 saturated heterocycles. The van der Waals surface area contributed by atoms with Crippen LogP contribution < -0.4 is 9.62 Å². The Hall–Kier alpha value is -3.77. The predicted molar refractivity (Wildman–Crippen MR) is 182 cm³/mol. The van der Waals surface area contributed by atoms with Gasteiger partial charge in [-0.05, 0) is 67.4 Å². The Morgan fingerprint density at radius 1 is 0.833 bits per heavy atom. The van der Waals surface area contributed by atoms with E-state index in [1.807, 2.05) is 0 Å². The van der Waals surface area contributed by atoms with Crippen molar-refractivity contribution in [1.29, 1.82) is 0 Å². The standard InChI is InChI=1S/C34H31Cl3F3N3O4S/c1-22(2)41-33(45)31(17-23-9-5-3-6-10-23)42(20-24-13-14-25(35)18-30(24)37)32(44)21-43(48(46,47)27-11-7-4-8-12-27)26-15-16-29(36)28(19-26)34(38,39)40/h3-16,18-19,22,31H,17,20-21H2,1-2H3,(H,41,45)/t31-/m0/s1. The summed E-state index contributed by atoms with van der Waals surface area (Å²) in [7, 11) is -4.64. The molecule has 0 aliphatic heterocycles. The molecule has 0 heterocycles. The molecule has 0 unspecified atom stereocenters. The van der Waals surface area contributed by atoms with Crippen LogP contribution in [0, 0.1) is 0 Å². The van der Waals surface area contributed by atoms with Crippen molar-refractivity contribution in [2.75, 3.05) is 10.8 Å². The number of sulfonamides is 1. The van der Waals surface area contributed by atoms with Crippen molar-refractivity contribution >= 4 is 62.3 Å². The topological polar surface area (TPSA) is 86.8 Å². The number of alkyl halides is 3. The summed E-state index contributed by atoms with van der Waals surface area (Å²) in [6.45, 7) is 2.26. The van der Waals surface area contributed by atoms with E-state index in [0.717, 1.165) is 12.1 Å². The molecule has 48 heavy (non-hydrogen) atoms. The molecule has 254 valence electrons. The Balaban J connectivity index is 1.88. The fraction of sp³-hybridized carbons (Fsp3) is 0.235. The highest BCUT2D eigenvalue weighted by molar-refractivity contribution is 7.92. The van der Waals surface area contributed by atoms with Crippen molar-refractivity contribution < 1.29 is 31.2 Å². The number of carbonyl (C=O) groups is 2. The van der Waals surface area contributed by atoms with Crippen molar-refractivity contribution in [1.82, 2.24) is 10.2 Å². The minimum absolute atomic E-state index is 0.0287. The second kappa shape index (κ2) is 15.6. The van der Waals surface area contributed by atoms with Gasteiger partial charge in [0.25, 0.3) is 10.0 Å². The largest absolute Gasteiger partial charge is 0.417 e. The van der Waals surface area contributed by atoms with Crippen LogP contribution in [0.3, 0.4) is 0 Å². The minimum Gasteiger partial charge on any atom is -0.352 e. The van der Waals surface area contributed by atoms with Crippen LogP contribution in [0.5, 0.6) is 0 Å². The van der Waals surface area contributed by atoms with Crippen LogP contribution in [0.25, 0.3) is 0 Å². The number of hydrogen-bond acceptors (Lipinski definition) is 4. The van der Waals surface area contributed by atoms with Crippen LogP contribution in [-0.4, -0.2) is 43.8 Å².